The highest BCUT2D eigenvalue weighted by atomic mass is 16.5. The Labute approximate surface area is 83.2 Å². The molecule has 1 atom stereocenters. The van der Waals surface area contributed by atoms with Crippen molar-refractivity contribution in [2.24, 2.45) is 0 Å². The highest BCUT2D eigenvalue weighted by Crippen LogP contribution is 2.09. The van der Waals surface area contributed by atoms with Crippen LogP contribution in [0.2, 0.25) is 0 Å². The van der Waals surface area contributed by atoms with Crippen molar-refractivity contribution in [3.05, 3.63) is 35.9 Å². The summed E-state index contributed by atoms with van der Waals surface area (Å²) < 4.78 is 0. The van der Waals surface area contributed by atoms with Crippen molar-refractivity contribution in [3.8, 4) is 0 Å². The van der Waals surface area contributed by atoms with E-state index in [0.29, 0.717) is 0 Å². The molecule has 4 heteroatoms. The summed E-state index contributed by atoms with van der Waals surface area (Å²) in [6, 6.07) is 9.79. The molecule has 14 heavy (non-hydrogen) atoms. The first-order chi connectivity index (χ1) is 6.57. The number of benzene rings is 1. The predicted octanol–water partition coefficient (Wildman–Crippen LogP) is 1.82. The minimum atomic E-state index is -0.833. The average Bonchev–Trinajstić information content (AvgIpc) is 2.17. The molecule has 78 valence electrons. The third-order valence-corrected chi connectivity index (χ3v) is 1.49. The van der Waals surface area contributed by atoms with Gasteiger partial charge in [-0.05, 0) is 12.5 Å². The van der Waals surface area contributed by atoms with Gasteiger partial charge in [0.25, 0.3) is 5.97 Å². The molecule has 0 saturated carbocycles. The Kier molecular flexibility index (Phi) is 6.36. The summed E-state index contributed by atoms with van der Waals surface area (Å²) in [5, 5.41) is 16.0. The van der Waals surface area contributed by atoms with E-state index >= 15 is 0 Å². The maximum atomic E-state index is 9.00. The third kappa shape index (κ3) is 6.16. The fourth-order valence-electron chi connectivity index (χ4n) is 0.816. The summed E-state index contributed by atoms with van der Waals surface area (Å²) in [5.74, 6) is -0.833. The molecule has 3 N–H and O–H groups in total. The molecule has 0 saturated heterocycles. The van der Waals surface area contributed by atoms with Crippen molar-refractivity contribution in [2.45, 2.75) is 19.9 Å². The Balaban J connectivity index is 0.000000364. The van der Waals surface area contributed by atoms with Crippen LogP contribution in [-0.2, 0) is 4.79 Å². The maximum Gasteiger partial charge on any atom is 0.300 e. The number of hydrogen-bond acceptors (Lipinski definition) is 3. The van der Waals surface area contributed by atoms with Crippen molar-refractivity contribution in [3.63, 3.8) is 0 Å². The van der Waals surface area contributed by atoms with E-state index in [9.17, 15) is 0 Å². The number of aliphatic carboxylic acids is 1. The quantitative estimate of drug-likeness (QED) is 0.632. The fourth-order valence-corrected chi connectivity index (χ4v) is 0.816. The number of carboxylic acid groups (broad SMARTS) is 1. The van der Waals surface area contributed by atoms with E-state index in [4.69, 9.17) is 15.1 Å². The van der Waals surface area contributed by atoms with Crippen LogP contribution in [0.4, 0.5) is 0 Å². The van der Waals surface area contributed by atoms with Crippen LogP contribution in [0.5, 0.6) is 0 Å². The summed E-state index contributed by atoms with van der Waals surface area (Å²) in [6.07, 6.45) is 0. The molecule has 0 radical (unpaired) electrons. The summed E-state index contributed by atoms with van der Waals surface area (Å²) in [6.45, 7) is 2.98. The van der Waals surface area contributed by atoms with Gasteiger partial charge in [0.15, 0.2) is 0 Å². The minimum absolute atomic E-state index is 0.0150. The Morgan fingerprint density at radius 2 is 1.79 bits per heavy atom. The molecular formula is C10H15NO3. The van der Waals surface area contributed by atoms with Gasteiger partial charge in [0.2, 0.25) is 0 Å². The lowest BCUT2D eigenvalue weighted by molar-refractivity contribution is -0.134. The van der Waals surface area contributed by atoms with Crippen molar-refractivity contribution in [2.75, 3.05) is 0 Å². The highest BCUT2D eigenvalue weighted by molar-refractivity contribution is 5.62. The van der Waals surface area contributed by atoms with Gasteiger partial charge in [-0.2, -0.15) is 5.48 Å². The number of nitrogens with one attached hydrogen (secondary N) is 1. The van der Waals surface area contributed by atoms with Gasteiger partial charge in [-0.15, -0.1) is 0 Å². The second kappa shape index (κ2) is 7.06. The first-order valence-corrected chi connectivity index (χ1v) is 4.22. The molecule has 0 heterocycles. The second-order valence-corrected chi connectivity index (χ2v) is 2.78. The molecule has 0 spiro atoms. The van der Waals surface area contributed by atoms with Gasteiger partial charge in [-0.3, -0.25) is 4.79 Å². The maximum absolute atomic E-state index is 9.00. The van der Waals surface area contributed by atoms with Crippen molar-refractivity contribution >= 4 is 5.97 Å². The first-order valence-electron chi connectivity index (χ1n) is 4.22. The van der Waals surface area contributed by atoms with E-state index in [1.807, 2.05) is 37.3 Å². The number of carboxylic acids is 1. The Hall–Kier alpha value is -1.39. The average molecular weight is 197 g/mol. The zero-order valence-electron chi connectivity index (χ0n) is 8.27. The lowest BCUT2D eigenvalue weighted by atomic mass is 10.1. The van der Waals surface area contributed by atoms with Gasteiger partial charge in [-0.25, -0.2) is 0 Å². The molecule has 1 unspecified atom stereocenters. The van der Waals surface area contributed by atoms with Crippen molar-refractivity contribution < 1.29 is 15.1 Å². The van der Waals surface area contributed by atoms with Crippen LogP contribution in [0.25, 0.3) is 0 Å². The van der Waals surface area contributed by atoms with E-state index in [0.717, 1.165) is 12.5 Å². The molecule has 0 aliphatic carbocycles. The molecule has 0 aliphatic heterocycles. The van der Waals surface area contributed by atoms with Crippen LogP contribution in [0.15, 0.2) is 30.3 Å². The Morgan fingerprint density at radius 3 is 2.14 bits per heavy atom. The van der Waals surface area contributed by atoms with E-state index in [1.54, 1.807) is 0 Å². The molecule has 1 aromatic carbocycles. The molecule has 0 fully saturated rings. The SMILES string of the molecule is CC(=O)O.CC(NO)c1ccccc1. The van der Waals surface area contributed by atoms with Crippen LogP contribution in [0.3, 0.4) is 0 Å². The highest BCUT2D eigenvalue weighted by Gasteiger charge is 1.99. The lowest BCUT2D eigenvalue weighted by Gasteiger charge is -2.07. The van der Waals surface area contributed by atoms with Crippen LogP contribution in [-0.4, -0.2) is 16.3 Å². The van der Waals surface area contributed by atoms with Crippen LogP contribution >= 0.6 is 0 Å². The minimum Gasteiger partial charge on any atom is -0.481 e. The summed E-state index contributed by atoms with van der Waals surface area (Å²) in [4.78, 5) is 9.00. The van der Waals surface area contributed by atoms with E-state index in [-0.39, 0.29) is 6.04 Å². The number of hydrogen-bond donors (Lipinski definition) is 3. The van der Waals surface area contributed by atoms with Crippen molar-refractivity contribution in [1.29, 1.82) is 0 Å². The molecule has 1 rings (SSSR count). The molecule has 1 aromatic rings. The van der Waals surface area contributed by atoms with E-state index in [2.05, 4.69) is 5.48 Å². The topological polar surface area (TPSA) is 69.6 Å². The third-order valence-electron chi connectivity index (χ3n) is 1.49. The first kappa shape index (κ1) is 12.6. The molecule has 0 aliphatic rings. The summed E-state index contributed by atoms with van der Waals surface area (Å²) in [7, 11) is 0. The van der Waals surface area contributed by atoms with Gasteiger partial charge in [0.05, 0.1) is 6.04 Å². The lowest BCUT2D eigenvalue weighted by Crippen LogP contribution is -2.12. The molecule has 0 aromatic heterocycles. The summed E-state index contributed by atoms with van der Waals surface area (Å²) in [5.41, 5.74) is 3.27. The molecule has 4 nitrogen and oxygen atoms in total. The van der Waals surface area contributed by atoms with Gasteiger partial charge in [0, 0.05) is 6.92 Å². The van der Waals surface area contributed by atoms with Gasteiger partial charge in [-0.1, -0.05) is 30.3 Å². The number of rotatable bonds is 2. The number of hydroxylamine groups is 1. The van der Waals surface area contributed by atoms with Gasteiger partial charge < -0.3 is 10.3 Å². The second-order valence-electron chi connectivity index (χ2n) is 2.78. The van der Waals surface area contributed by atoms with Crippen molar-refractivity contribution in [1.82, 2.24) is 5.48 Å². The smallest absolute Gasteiger partial charge is 0.300 e. The monoisotopic (exact) mass is 197 g/mol. The van der Waals surface area contributed by atoms with E-state index in [1.165, 1.54) is 0 Å². The Morgan fingerprint density at radius 1 is 1.36 bits per heavy atom. The molecular weight excluding hydrogens is 182 g/mol. The van der Waals surface area contributed by atoms with Gasteiger partial charge >= 0.3 is 0 Å². The predicted molar refractivity (Wildman–Crippen MR) is 53.1 cm³/mol. The normalized spacial score (nSPS) is 11.1. The largest absolute Gasteiger partial charge is 0.481 e. The van der Waals surface area contributed by atoms with Crippen LogP contribution in [0.1, 0.15) is 25.5 Å². The van der Waals surface area contributed by atoms with Crippen LogP contribution < -0.4 is 5.48 Å². The molecule has 0 bridgehead atoms. The Bertz CT molecular complexity index is 257. The zero-order valence-corrected chi connectivity index (χ0v) is 8.27. The molecule has 0 amide bonds. The van der Waals surface area contributed by atoms with Gasteiger partial charge in [0.1, 0.15) is 0 Å². The standard InChI is InChI=1S/C8H11NO.C2H4O2/c1-7(9-10)8-5-3-2-4-6-8;1-2(3)4/h2-7,9-10H,1H3;1H3,(H,3,4). The fraction of sp³-hybridized carbons (Fsp3) is 0.300. The number of carbonyl (C=O) groups is 1. The summed E-state index contributed by atoms with van der Waals surface area (Å²) >= 11 is 0. The van der Waals surface area contributed by atoms with Crippen LogP contribution in [0, 0.1) is 0 Å². The zero-order chi connectivity index (χ0) is 11.0. The van der Waals surface area contributed by atoms with E-state index < -0.39 is 5.97 Å².